The molecular weight excluding hydrogens is 289 g/mol. The van der Waals surface area contributed by atoms with Crippen LogP contribution in [0, 0.1) is 5.82 Å². The van der Waals surface area contributed by atoms with Crippen molar-refractivity contribution in [1.29, 1.82) is 0 Å². The number of rotatable bonds is 3. The normalized spacial score (nSPS) is 14.1. The molecule has 3 rings (SSSR count). The second-order valence-corrected chi connectivity index (χ2v) is 7.43. The number of aryl methyl sites for hydroxylation is 2. The Labute approximate surface area is 123 Å². The van der Waals surface area contributed by atoms with Crippen molar-refractivity contribution < 1.29 is 12.8 Å². The van der Waals surface area contributed by atoms with Gasteiger partial charge in [0.2, 0.25) is 0 Å². The Bertz CT molecular complexity index is 780. The monoisotopic (exact) mass is 305 g/mol. The molecule has 0 saturated heterocycles. The summed E-state index contributed by atoms with van der Waals surface area (Å²) in [6.45, 7) is 0. The van der Waals surface area contributed by atoms with Crippen molar-refractivity contribution in [1.82, 2.24) is 0 Å². The maximum Gasteiger partial charge on any atom is 0.182 e. The third-order valence-electron chi connectivity index (χ3n) is 3.77. The highest BCUT2D eigenvalue weighted by molar-refractivity contribution is 7.90. The molecule has 0 spiro atoms. The lowest BCUT2D eigenvalue weighted by Crippen LogP contribution is -2.06. The molecule has 3 nitrogen and oxygen atoms in total. The van der Waals surface area contributed by atoms with Crippen LogP contribution < -0.4 is 5.73 Å². The zero-order chi connectivity index (χ0) is 15.0. The summed E-state index contributed by atoms with van der Waals surface area (Å²) < 4.78 is 38.1. The fourth-order valence-corrected chi connectivity index (χ4v) is 4.17. The molecule has 0 atom stereocenters. The van der Waals surface area contributed by atoms with Gasteiger partial charge in [0.25, 0.3) is 0 Å². The first-order valence-electron chi connectivity index (χ1n) is 6.83. The summed E-state index contributed by atoms with van der Waals surface area (Å²) >= 11 is 0. The van der Waals surface area contributed by atoms with Crippen LogP contribution in [-0.4, -0.2) is 8.42 Å². The highest BCUT2D eigenvalue weighted by Crippen LogP contribution is 2.25. The van der Waals surface area contributed by atoms with E-state index in [0.29, 0.717) is 0 Å². The van der Waals surface area contributed by atoms with Gasteiger partial charge in [-0.25, -0.2) is 12.8 Å². The molecule has 0 radical (unpaired) electrons. The third kappa shape index (κ3) is 2.93. The molecule has 0 aliphatic heterocycles. The van der Waals surface area contributed by atoms with Crippen LogP contribution in [0.4, 0.5) is 10.1 Å². The minimum atomic E-state index is -3.60. The zero-order valence-corrected chi connectivity index (χ0v) is 12.3. The van der Waals surface area contributed by atoms with Crippen LogP contribution in [0.2, 0.25) is 0 Å². The standard InChI is InChI=1S/C16H16FNO2S/c17-14-7-15(18)9-16(8-14)21(19,20)10-11-4-5-12-2-1-3-13(12)6-11/h4-9H,1-3,10,18H2. The van der Waals surface area contributed by atoms with Crippen LogP contribution in [0.25, 0.3) is 0 Å². The first kappa shape index (κ1) is 14.1. The van der Waals surface area contributed by atoms with Crippen molar-refractivity contribution in [2.24, 2.45) is 0 Å². The van der Waals surface area contributed by atoms with Gasteiger partial charge in [0.15, 0.2) is 9.84 Å². The Hall–Kier alpha value is -1.88. The minimum Gasteiger partial charge on any atom is -0.399 e. The molecule has 0 bridgehead atoms. The van der Waals surface area contributed by atoms with Gasteiger partial charge in [-0.3, -0.25) is 0 Å². The SMILES string of the molecule is Nc1cc(F)cc(S(=O)(=O)Cc2ccc3c(c2)CCC3)c1. The predicted octanol–water partition coefficient (Wildman–Crippen LogP) is 2.87. The van der Waals surface area contributed by atoms with Gasteiger partial charge in [-0.1, -0.05) is 18.2 Å². The van der Waals surface area contributed by atoms with E-state index >= 15 is 0 Å². The van der Waals surface area contributed by atoms with E-state index < -0.39 is 15.7 Å². The van der Waals surface area contributed by atoms with Crippen LogP contribution in [-0.2, 0) is 28.4 Å². The fraction of sp³-hybridized carbons (Fsp3) is 0.250. The lowest BCUT2D eigenvalue weighted by Gasteiger charge is -2.08. The van der Waals surface area contributed by atoms with Crippen LogP contribution in [0.5, 0.6) is 0 Å². The highest BCUT2D eigenvalue weighted by Gasteiger charge is 2.19. The van der Waals surface area contributed by atoms with Gasteiger partial charge in [0, 0.05) is 5.69 Å². The van der Waals surface area contributed by atoms with Gasteiger partial charge < -0.3 is 5.73 Å². The topological polar surface area (TPSA) is 60.2 Å². The van der Waals surface area contributed by atoms with Crippen molar-refractivity contribution in [3.8, 4) is 0 Å². The number of hydrogen-bond donors (Lipinski definition) is 1. The molecule has 110 valence electrons. The Balaban J connectivity index is 1.92. The number of nitrogens with two attached hydrogens (primary N) is 1. The fourth-order valence-electron chi connectivity index (χ4n) is 2.78. The minimum absolute atomic E-state index is 0.0690. The summed E-state index contributed by atoms with van der Waals surface area (Å²) in [6, 6.07) is 9.19. The summed E-state index contributed by atoms with van der Waals surface area (Å²) in [6.07, 6.45) is 3.17. The summed E-state index contributed by atoms with van der Waals surface area (Å²) in [5.41, 5.74) is 8.89. The summed E-state index contributed by atoms with van der Waals surface area (Å²) in [5, 5.41) is 0. The molecule has 0 fully saturated rings. The summed E-state index contributed by atoms with van der Waals surface area (Å²) in [7, 11) is -3.60. The van der Waals surface area contributed by atoms with Gasteiger partial charge in [-0.05, 0) is 54.2 Å². The number of anilines is 1. The molecule has 0 aromatic heterocycles. The first-order valence-corrected chi connectivity index (χ1v) is 8.49. The maximum atomic E-state index is 13.3. The third-order valence-corrected chi connectivity index (χ3v) is 5.44. The molecular formula is C16H16FNO2S. The number of fused-ring (bicyclic) bond motifs is 1. The van der Waals surface area contributed by atoms with Gasteiger partial charge in [0.05, 0.1) is 10.6 Å². The first-order chi connectivity index (χ1) is 9.94. The highest BCUT2D eigenvalue weighted by atomic mass is 32.2. The average Bonchev–Trinajstić information content (AvgIpc) is 2.84. The van der Waals surface area contributed by atoms with Crippen LogP contribution in [0.15, 0.2) is 41.3 Å². The molecule has 0 saturated carbocycles. The van der Waals surface area contributed by atoms with E-state index in [1.807, 2.05) is 18.2 Å². The molecule has 0 heterocycles. The van der Waals surface area contributed by atoms with Gasteiger partial charge >= 0.3 is 0 Å². The van der Waals surface area contributed by atoms with Crippen molar-refractivity contribution in [3.05, 3.63) is 58.9 Å². The van der Waals surface area contributed by atoms with Gasteiger partial charge in [-0.15, -0.1) is 0 Å². The molecule has 2 aromatic carbocycles. The molecule has 5 heteroatoms. The zero-order valence-electron chi connectivity index (χ0n) is 11.5. The molecule has 2 N–H and O–H groups in total. The number of sulfone groups is 1. The number of halogens is 1. The lowest BCUT2D eigenvalue weighted by atomic mass is 10.1. The Morgan fingerprint density at radius 3 is 2.57 bits per heavy atom. The molecule has 2 aromatic rings. The van der Waals surface area contributed by atoms with Crippen molar-refractivity contribution in [3.63, 3.8) is 0 Å². The maximum absolute atomic E-state index is 13.3. The molecule has 0 amide bonds. The van der Waals surface area contributed by atoms with Crippen LogP contribution >= 0.6 is 0 Å². The predicted molar refractivity (Wildman–Crippen MR) is 80.2 cm³/mol. The van der Waals surface area contributed by atoms with E-state index in [1.54, 1.807) is 0 Å². The Morgan fingerprint density at radius 1 is 1.05 bits per heavy atom. The molecule has 21 heavy (non-hydrogen) atoms. The smallest absolute Gasteiger partial charge is 0.182 e. The molecule has 1 aliphatic rings. The second-order valence-electron chi connectivity index (χ2n) is 5.44. The number of hydrogen-bond acceptors (Lipinski definition) is 3. The Morgan fingerprint density at radius 2 is 1.81 bits per heavy atom. The number of nitrogen functional groups attached to an aromatic ring is 1. The van der Waals surface area contributed by atoms with Crippen molar-refractivity contribution in [2.75, 3.05) is 5.73 Å². The molecule has 0 unspecified atom stereocenters. The van der Waals surface area contributed by atoms with Crippen molar-refractivity contribution >= 4 is 15.5 Å². The van der Waals surface area contributed by atoms with E-state index in [9.17, 15) is 12.8 Å². The van der Waals surface area contributed by atoms with E-state index in [0.717, 1.165) is 37.0 Å². The second kappa shape index (κ2) is 5.15. The van der Waals surface area contributed by atoms with Crippen LogP contribution in [0.1, 0.15) is 23.1 Å². The van der Waals surface area contributed by atoms with E-state index in [1.165, 1.54) is 17.2 Å². The van der Waals surface area contributed by atoms with E-state index in [-0.39, 0.29) is 16.3 Å². The van der Waals surface area contributed by atoms with Gasteiger partial charge in [-0.2, -0.15) is 0 Å². The summed E-state index contributed by atoms with van der Waals surface area (Å²) in [5.74, 6) is -0.772. The quantitative estimate of drug-likeness (QED) is 0.887. The number of benzene rings is 2. The summed E-state index contributed by atoms with van der Waals surface area (Å²) in [4.78, 5) is -0.0690. The Kier molecular flexibility index (Phi) is 3.45. The van der Waals surface area contributed by atoms with Crippen molar-refractivity contribution in [2.45, 2.75) is 29.9 Å². The lowest BCUT2D eigenvalue weighted by molar-refractivity contribution is 0.590. The van der Waals surface area contributed by atoms with E-state index in [4.69, 9.17) is 5.73 Å². The average molecular weight is 305 g/mol. The largest absolute Gasteiger partial charge is 0.399 e. The van der Waals surface area contributed by atoms with E-state index in [2.05, 4.69) is 0 Å². The van der Waals surface area contributed by atoms with Gasteiger partial charge in [0.1, 0.15) is 5.82 Å². The molecule has 1 aliphatic carbocycles. The van der Waals surface area contributed by atoms with Crippen LogP contribution in [0.3, 0.4) is 0 Å².